The Kier molecular flexibility index (Phi) is 4.66. The Morgan fingerprint density at radius 3 is 2.55 bits per heavy atom. The fourth-order valence-corrected chi connectivity index (χ4v) is 5.40. The van der Waals surface area contributed by atoms with Gasteiger partial charge in [-0.3, -0.25) is 4.90 Å². The van der Waals surface area contributed by atoms with Crippen molar-refractivity contribution in [3.8, 4) is 0 Å². The normalized spacial score (nSPS) is 20.5. The van der Waals surface area contributed by atoms with Crippen molar-refractivity contribution in [1.82, 2.24) is 4.90 Å². The second-order valence-electron chi connectivity index (χ2n) is 6.03. The Hall–Kier alpha value is -1.17. The van der Waals surface area contributed by atoms with Gasteiger partial charge in [0.2, 0.25) is 0 Å². The molecule has 0 saturated carbocycles. The lowest BCUT2D eigenvalue weighted by molar-refractivity contribution is 0.196. The molecule has 0 unspecified atom stereocenters. The number of rotatable bonds is 5. The van der Waals surface area contributed by atoms with Gasteiger partial charge in [-0.1, -0.05) is 35.9 Å². The van der Waals surface area contributed by atoms with Gasteiger partial charge < -0.3 is 0 Å². The lowest BCUT2D eigenvalue weighted by Crippen LogP contribution is -2.35. The molecule has 0 aliphatic carbocycles. The number of sulfone groups is 1. The molecule has 1 fully saturated rings. The molecule has 2 aromatic rings. The summed E-state index contributed by atoms with van der Waals surface area (Å²) in [7, 11) is -2.86. The minimum absolute atomic E-state index is 0.133. The molecule has 0 amide bonds. The number of thiophene rings is 1. The lowest BCUT2D eigenvalue weighted by Gasteiger charge is -2.27. The first-order valence-corrected chi connectivity index (χ1v) is 10.2. The highest BCUT2D eigenvalue weighted by molar-refractivity contribution is 7.91. The zero-order valence-electron chi connectivity index (χ0n) is 12.7. The molecule has 1 aliphatic heterocycles. The molecule has 118 valence electrons. The van der Waals surface area contributed by atoms with Crippen LogP contribution in [-0.2, 0) is 22.9 Å². The summed E-state index contributed by atoms with van der Waals surface area (Å²) in [6.07, 6.45) is 0.750. The summed E-state index contributed by atoms with van der Waals surface area (Å²) in [4.78, 5) is 3.61. The molecule has 1 aromatic heterocycles. The monoisotopic (exact) mass is 335 g/mol. The fraction of sp³-hybridized carbons (Fsp3) is 0.412. The topological polar surface area (TPSA) is 37.4 Å². The van der Waals surface area contributed by atoms with E-state index in [1.807, 2.05) is 0 Å². The molecule has 0 N–H and O–H groups in total. The van der Waals surface area contributed by atoms with Crippen molar-refractivity contribution in [1.29, 1.82) is 0 Å². The van der Waals surface area contributed by atoms with Crippen LogP contribution in [0.1, 0.15) is 22.4 Å². The van der Waals surface area contributed by atoms with E-state index in [1.54, 1.807) is 11.3 Å². The zero-order valence-corrected chi connectivity index (χ0v) is 14.4. The molecule has 0 bridgehead atoms. The summed E-state index contributed by atoms with van der Waals surface area (Å²) >= 11 is 1.73. The third-order valence-electron chi connectivity index (χ3n) is 4.17. The zero-order chi connectivity index (χ0) is 15.6. The maximum Gasteiger partial charge on any atom is 0.151 e. The highest BCUT2D eigenvalue weighted by Crippen LogP contribution is 2.23. The first-order valence-electron chi connectivity index (χ1n) is 7.54. The van der Waals surface area contributed by atoms with Gasteiger partial charge >= 0.3 is 0 Å². The SMILES string of the molecule is Cc1ccc(CN(Cc2cccs2)[C@H]2CCS(=O)(=O)C2)cc1. The minimum Gasteiger partial charge on any atom is -0.290 e. The van der Waals surface area contributed by atoms with Crippen molar-refractivity contribution in [2.45, 2.75) is 32.5 Å². The van der Waals surface area contributed by atoms with Gasteiger partial charge in [-0.2, -0.15) is 0 Å². The number of hydrogen-bond donors (Lipinski definition) is 0. The van der Waals surface area contributed by atoms with Crippen LogP contribution in [0, 0.1) is 6.92 Å². The van der Waals surface area contributed by atoms with Crippen molar-refractivity contribution in [2.24, 2.45) is 0 Å². The lowest BCUT2D eigenvalue weighted by atomic mass is 10.1. The van der Waals surface area contributed by atoms with Gasteiger partial charge in [0.25, 0.3) is 0 Å². The molecule has 22 heavy (non-hydrogen) atoms. The Labute approximate surface area is 136 Å². The quantitative estimate of drug-likeness (QED) is 0.842. The molecule has 1 saturated heterocycles. The second kappa shape index (κ2) is 6.52. The predicted molar refractivity (Wildman–Crippen MR) is 91.8 cm³/mol. The van der Waals surface area contributed by atoms with Crippen LogP contribution in [0.2, 0.25) is 0 Å². The summed E-state index contributed by atoms with van der Waals surface area (Å²) < 4.78 is 23.6. The highest BCUT2D eigenvalue weighted by Gasteiger charge is 2.32. The Bertz CT molecular complexity index is 706. The molecule has 1 aromatic carbocycles. The molecule has 5 heteroatoms. The third-order valence-corrected chi connectivity index (χ3v) is 6.78. The van der Waals surface area contributed by atoms with Crippen LogP contribution in [0.3, 0.4) is 0 Å². The molecule has 0 spiro atoms. The smallest absolute Gasteiger partial charge is 0.151 e. The minimum atomic E-state index is -2.86. The molecular weight excluding hydrogens is 314 g/mol. The Morgan fingerprint density at radius 1 is 1.18 bits per heavy atom. The largest absolute Gasteiger partial charge is 0.290 e. The van der Waals surface area contributed by atoms with Gasteiger partial charge in [-0.25, -0.2) is 8.42 Å². The van der Waals surface area contributed by atoms with Gasteiger partial charge in [-0.05, 0) is 30.4 Å². The average Bonchev–Trinajstić information content (AvgIpc) is 3.10. The molecule has 0 radical (unpaired) electrons. The highest BCUT2D eigenvalue weighted by atomic mass is 32.2. The number of benzene rings is 1. The van der Waals surface area contributed by atoms with E-state index >= 15 is 0 Å². The Morgan fingerprint density at radius 2 is 1.95 bits per heavy atom. The molecule has 1 aliphatic rings. The van der Waals surface area contributed by atoms with E-state index < -0.39 is 9.84 Å². The van der Waals surface area contributed by atoms with Crippen LogP contribution in [0.4, 0.5) is 0 Å². The van der Waals surface area contributed by atoms with Gasteiger partial charge in [0.05, 0.1) is 11.5 Å². The fourth-order valence-electron chi connectivity index (χ4n) is 2.91. The Balaban J connectivity index is 1.78. The van der Waals surface area contributed by atoms with E-state index in [1.165, 1.54) is 16.0 Å². The molecular formula is C17H21NO2S2. The first-order chi connectivity index (χ1) is 10.5. The van der Waals surface area contributed by atoms with Gasteiger partial charge in [0.15, 0.2) is 9.84 Å². The first kappa shape index (κ1) is 15.7. The third kappa shape index (κ3) is 3.97. The maximum absolute atomic E-state index is 11.8. The summed E-state index contributed by atoms with van der Waals surface area (Å²) in [5.41, 5.74) is 2.49. The summed E-state index contributed by atoms with van der Waals surface area (Å²) in [6.45, 7) is 3.71. The van der Waals surface area contributed by atoms with Crippen molar-refractivity contribution < 1.29 is 8.42 Å². The van der Waals surface area contributed by atoms with Crippen molar-refractivity contribution in [3.05, 3.63) is 57.8 Å². The molecule has 3 rings (SSSR count). The predicted octanol–water partition coefficient (Wildman–Crippen LogP) is 3.25. The van der Waals surface area contributed by atoms with E-state index in [2.05, 4.69) is 53.6 Å². The number of hydrogen-bond acceptors (Lipinski definition) is 4. The second-order valence-corrected chi connectivity index (χ2v) is 9.29. The number of aryl methyl sites for hydroxylation is 1. The standard InChI is InChI=1S/C17H21NO2S2/c1-14-4-6-15(7-5-14)11-18(12-17-3-2-9-21-17)16-8-10-22(19,20)13-16/h2-7,9,16H,8,10-13H2,1H3/t16-/m0/s1. The van der Waals surface area contributed by atoms with Crippen LogP contribution >= 0.6 is 11.3 Å². The van der Waals surface area contributed by atoms with Crippen molar-refractivity contribution in [2.75, 3.05) is 11.5 Å². The van der Waals surface area contributed by atoms with E-state index in [9.17, 15) is 8.42 Å². The molecule has 1 atom stereocenters. The van der Waals surface area contributed by atoms with Gasteiger partial charge in [0.1, 0.15) is 0 Å². The molecule has 3 nitrogen and oxygen atoms in total. The van der Waals surface area contributed by atoms with Crippen LogP contribution in [-0.4, -0.2) is 30.9 Å². The summed E-state index contributed by atoms with van der Waals surface area (Å²) in [6, 6.07) is 12.8. The van der Waals surface area contributed by atoms with Gasteiger partial charge in [0, 0.05) is 24.0 Å². The van der Waals surface area contributed by atoms with E-state index in [0.29, 0.717) is 11.5 Å². The van der Waals surface area contributed by atoms with Crippen LogP contribution < -0.4 is 0 Å². The van der Waals surface area contributed by atoms with Crippen LogP contribution in [0.15, 0.2) is 41.8 Å². The number of nitrogens with zero attached hydrogens (tertiary/aromatic N) is 1. The molecule has 2 heterocycles. The van der Waals surface area contributed by atoms with Crippen LogP contribution in [0.5, 0.6) is 0 Å². The van der Waals surface area contributed by atoms with E-state index in [-0.39, 0.29) is 6.04 Å². The summed E-state index contributed by atoms with van der Waals surface area (Å²) in [5.74, 6) is 0.622. The van der Waals surface area contributed by atoms with Crippen molar-refractivity contribution in [3.63, 3.8) is 0 Å². The van der Waals surface area contributed by atoms with E-state index in [0.717, 1.165) is 19.5 Å². The van der Waals surface area contributed by atoms with E-state index in [4.69, 9.17) is 0 Å². The summed E-state index contributed by atoms with van der Waals surface area (Å²) in [5, 5.41) is 2.07. The van der Waals surface area contributed by atoms with Crippen LogP contribution in [0.25, 0.3) is 0 Å². The average molecular weight is 335 g/mol. The van der Waals surface area contributed by atoms with Gasteiger partial charge in [-0.15, -0.1) is 11.3 Å². The van der Waals surface area contributed by atoms with Crippen molar-refractivity contribution >= 4 is 21.2 Å². The maximum atomic E-state index is 11.8.